The maximum absolute atomic E-state index is 12.8. The van der Waals surface area contributed by atoms with E-state index < -0.39 is 0 Å². The number of rotatable bonds is 43. The highest BCUT2D eigenvalue weighted by Gasteiger charge is 2.16. The van der Waals surface area contributed by atoms with Gasteiger partial charge in [-0.25, -0.2) is 0 Å². The Labute approximate surface area is 412 Å². The zero-order valence-corrected chi connectivity index (χ0v) is 46.1. The Kier molecular flexibility index (Phi) is 61.7. The summed E-state index contributed by atoms with van der Waals surface area (Å²) in [5, 5.41) is 0. The predicted molar refractivity (Wildman–Crippen MR) is 287 cm³/mol. The number of hydrogen-bond donors (Lipinski definition) is 0. The van der Waals surface area contributed by atoms with Crippen LogP contribution in [-0.2, 0) is 33.3 Å². The first-order chi connectivity index (χ1) is 32.3. The minimum Gasteiger partial charge on any atom is -0.462 e. The Morgan fingerprint density at radius 3 is 1.32 bits per heavy atom. The summed E-state index contributed by atoms with van der Waals surface area (Å²) in [6.45, 7) is 24.4. The van der Waals surface area contributed by atoms with Gasteiger partial charge in [-0.2, -0.15) is 0 Å². The lowest BCUT2D eigenvalue weighted by Gasteiger charge is -2.19. The van der Waals surface area contributed by atoms with Gasteiger partial charge < -0.3 is 23.7 Å². The van der Waals surface area contributed by atoms with Gasteiger partial charge in [-0.3, -0.25) is 9.59 Å². The quantitative estimate of drug-likeness (QED) is 0.0445. The number of ether oxygens (including phenoxy) is 5. The molecule has 1 aliphatic carbocycles. The van der Waals surface area contributed by atoms with E-state index in [2.05, 4.69) is 87.5 Å². The Balaban J connectivity index is -0.00000405. The maximum atomic E-state index is 12.8. The lowest BCUT2D eigenvalue weighted by Crippen LogP contribution is -2.27. The number of allylic oxidation sites excluding steroid dienone is 2. The largest absolute Gasteiger partial charge is 0.462 e. The molecule has 66 heavy (non-hydrogen) atoms. The summed E-state index contributed by atoms with van der Waals surface area (Å²) in [6, 6.07) is 0. The van der Waals surface area contributed by atoms with Crippen LogP contribution in [0.3, 0.4) is 0 Å². The van der Waals surface area contributed by atoms with Crippen molar-refractivity contribution < 1.29 is 33.3 Å². The minimum atomic E-state index is -0.138. The highest BCUT2D eigenvalue weighted by molar-refractivity contribution is 5.69. The first-order valence-electron chi connectivity index (χ1n) is 28.8. The van der Waals surface area contributed by atoms with Crippen LogP contribution in [0.2, 0.25) is 0 Å². The fourth-order valence-corrected chi connectivity index (χ4v) is 7.45. The van der Waals surface area contributed by atoms with Crippen molar-refractivity contribution in [2.45, 2.75) is 312 Å². The molecule has 2 unspecified atom stereocenters. The molecule has 0 saturated carbocycles. The normalized spacial score (nSPS) is 12.8. The van der Waals surface area contributed by atoms with E-state index in [9.17, 15) is 9.59 Å². The lowest BCUT2D eigenvalue weighted by atomic mass is 10.0. The lowest BCUT2D eigenvalue weighted by molar-refractivity contribution is -0.150. The van der Waals surface area contributed by atoms with Crippen molar-refractivity contribution in [2.24, 2.45) is 0 Å². The van der Waals surface area contributed by atoms with Crippen molar-refractivity contribution in [2.75, 3.05) is 33.0 Å². The first kappa shape index (κ1) is 68.6. The topological polar surface area (TPSA) is 80.3 Å². The summed E-state index contributed by atoms with van der Waals surface area (Å²) in [5.41, 5.74) is 1.22. The van der Waals surface area contributed by atoms with Crippen LogP contribution in [0.25, 0.3) is 0 Å². The summed E-state index contributed by atoms with van der Waals surface area (Å²) >= 11 is 0. The maximum Gasteiger partial charge on any atom is 0.306 e. The molecule has 0 saturated heterocycles. The molecule has 7 heteroatoms. The van der Waals surface area contributed by atoms with E-state index in [0.717, 1.165) is 96.3 Å². The molecule has 7 nitrogen and oxygen atoms in total. The van der Waals surface area contributed by atoms with Crippen LogP contribution < -0.4 is 0 Å². The van der Waals surface area contributed by atoms with E-state index >= 15 is 0 Å². The van der Waals surface area contributed by atoms with Crippen LogP contribution >= 0.6 is 0 Å². The van der Waals surface area contributed by atoms with Crippen LogP contribution in [0.15, 0.2) is 23.8 Å². The smallest absolute Gasteiger partial charge is 0.306 e. The summed E-state index contributed by atoms with van der Waals surface area (Å²) in [5.74, 6) is -0.0930. The van der Waals surface area contributed by atoms with Crippen molar-refractivity contribution in [3.63, 3.8) is 0 Å². The molecule has 0 aromatic heterocycles. The Morgan fingerprint density at radius 1 is 0.455 bits per heavy atom. The zero-order chi connectivity index (χ0) is 49.4. The Bertz CT molecular complexity index is 989. The molecule has 0 amide bonds. The second-order valence-corrected chi connectivity index (χ2v) is 18.9. The molecule has 0 bridgehead atoms. The van der Waals surface area contributed by atoms with E-state index in [1.54, 1.807) is 0 Å². The fraction of sp³-hybridized carbons (Fsp3) is 0.898. The van der Waals surface area contributed by atoms with Gasteiger partial charge in [0.15, 0.2) is 0 Å². The van der Waals surface area contributed by atoms with E-state index in [-0.39, 0.29) is 30.3 Å². The van der Waals surface area contributed by atoms with Gasteiger partial charge in [-0.05, 0) is 89.0 Å². The number of carbonyl (C=O) groups is 2. The van der Waals surface area contributed by atoms with E-state index in [1.165, 1.54) is 121 Å². The van der Waals surface area contributed by atoms with Crippen LogP contribution in [-0.4, -0.2) is 63.3 Å². The predicted octanol–water partition coefficient (Wildman–Crippen LogP) is 18.5. The number of carbonyl (C=O) groups excluding carboxylic acids is 2. The molecule has 1 rings (SSSR count). The van der Waals surface area contributed by atoms with E-state index in [4.69, 9.17) is 23.7 Å². The van der Waals surface area contributed by atoms with Gasteiger partial charge in [0.2, 0.25) is 0 Å². The average molecular weight is 938 g/mol. The van der Waals surface area contributed by atoms with Crippen LogP contribution in [0.1, 0.15) is 294 Å². The van der Waals surface area contributed by atoms with Crippen molar-refractivity contribution in [1.82, 2.24) is 0 Å². The molecule has 0 heterocycles. The van der Waals surface area contributed by atoms with Gasteiger partial charge in [0.1, 0.15) is 18.3 Å². The molecule has 0 aliphatic heterocycles. The number of unbranched alkanes of at least 4 members (excludes halogenated alkanes) is 19. The molecule has 0 N–H and O–H groups in total. The van der Waals surface area contributed by atoms with Crippen LogP contribution in [0, 0.1) is 0 Å². The standard InChI is InChI=1S/C50H92O7.3C3H8/c1-5-9-12-15-18-26-35-46(8-4)56-49(51)38-30-23-32-41-55-48(44-54-42-45-33-24-21-25-34-45)43-53-40-31-22-29-39-50(52)57-47(36-27-19-16-13-10-6-2)37-28-20-17-14-11-7-3;3*1-3-2/h24,33-34,46-48H,5-23,25-32,35-44H2,1-4H3;3*3H2,1-2H3. The summed E-state index contributed by atoms with van der Waals surface area (Å²) < 4.78 is 30.2. The van der Waals surface area contributed by atoms with E-state index in [0.29, 0.717) is 45.9 Å². The molecule has 394 valence electrons. The third-order valence-corrected chi connectivity index (χ3v) is 11.2. The van der Waals surface area contributed by atoms with Crippen molar-refractivity contribution in [1.29, 1.82) is 0 Å². The molecule has 2 atom stereocenters. The van der Waals surface area contributed by atoms with Crippen LogP contribution in [0.5, 0.6) is 0 Å². The summed E-state index contributed by atoms with van der Waals surface area (Å²) in [4.78, 5) is 25.3. The summed E-state index contributed by atoms with van der Waals surface area (Å²) in [7, 11) is 0. The van der Waals surface area contributed by atoms with Crippen molar-refractivity contribution in [3.8, 4) is 0 Å². The third-order valence-electron chi connectivity index (χ3n) is 11.2. The zero-order valence-electron chi connectivity index (χ0n) is 46.1. The monoisotopic (exact) mass is 937 g/mol. The third kappa shape index (κ3) is 54.9. The number of hydrogen-bond acceptors (Lipinski definition) is 7. The molecule has 1 aliphatic rings. The Hall–Kier alpha value is -1.70. The first-order valence-corrected chi connectivity index (χ1v) is 28.8. The van der Waals surface area contributed by atoms with Crippen LogP contribution in [0.4, 0.5) is 0 Å². The molecule has 0 aromatic carbocycles. The average Bonchev–Trinajstić information content (AvgIpc) is 3.31. The second kappa shape index (κ2) is 59.4. The molecule has 0 aromatic rings. The van der Waals surface area contributed by atoms with Gasteiger partial charge in [0.05, 0.1) is 19.8 Å². The van der Waals surface area contributed by atoms with E-state index in [1.807, 2.05) is 0 Å². The van der Waals surface area contributed by atoms with Crippen molar-refractivity contribution in [3.05, 3.63) is 23.8 Å². The number of esters is 2. The molecule has 0 fully saturated rings. The minimum absolute atomic E-state index is 0.0306. The highest BCUT2D eigenvalue weighted by atomic mass is 16.6. The van der Waals surface area contributed by atoms with Gasteiger partial charge in [-0.1, -0.05) is 216 Å². The highest BCUT2D eigenvalue weighted by Crippen LogP contribution is 2.19. The second-order valence-electron chi connectivity index (χ2n) is 18.9. The van der Waals surface area contributed by atoms with Gasteiger partial charge in [0.25, 0.3) is 0 Å². The Morgan fingerprint density at radius 2 is 0.864 bits per heavy atom. The SMILES string of the molecule is CCC.CCC.CCC.CCCCCCCCC(CC)OC(=O)CCCCCOC(COCCCCCC(=O)OC(CCCCCCCC)CCCCCCCC)COCC1=CCCC=C1. The fourth-order valence-electron chi connectivity index (χ4n) is 7.45. The van der Waals surface area contributed by atoms with Gasteiger partial charge >= 0.3 is 11.9 Å². The molecular formula is C59H116O7. The molecule has 0 spiro atoms. The van der Waals surface area contributed by atoms with Crippen molar-refractivity contribution >= 4 is 11.9 Å². The summed E-state index contributed by atoms with van der Waals surface area (Å²) in [6.07, 6.45) is 45.5. The van der Waals surface area contributed by atoms with Gasteiger partial charge in [0, 0.05) is 26.1 Å². The van der Waals surface area contributed by atoms with Gasteiger partial charge in [-0.15, -0.1) is 0 Å². The molecular weight excluding hydrogens is 821 g/mol. The molecule has 0 radical (unpaired) electrons.